The summed E-state index contributed by atoms with van der Waals surface area (Å²) in [4.78, 5) is 27.3. The van der Waals surface area contributed by atoms with Crippen LogP contribution in [-0.2, 0) is 10.0 Å². The molecule has 1 aromatic heterocycles. The van der Waals surface area contributed by atoms with Crippen molar-refractivity contribution in [1.82, 2.24) is 4.98 Å². The molecule has 0 aliphatic heterocycles. The number of nitrogens with one attached hydrogen (secondary N) is 1. The van der Waals surface area contributed by atoms with E-state index in [1.54, 1.807) is 12.1 Å². The predicted octanol–water partition coefficient (Wildman–Crippen LogP) is 2.87. The molecule has 160 valence electrons. The molecule has 0 radical (unpaired) electrons. The van der Waals surface area contributed by atoms with Gasteiger partial charge in [-0.1, -0.05) is 6.07 Å². The van der Waals surface area contributed by atoms with Crippen LogP contribution in [0.15, 0.2) is 71.8 Å². The lowest BCUT2D eigenvalue weighted by atomic mass is 10.2. The van der Waals surface area contributed by atoms with Crippen LogP contribution in [0, 0.1) is 0 Å². The number of hydrogen-bond donors (Lipinski definition) is 2. The van der Waals surface area contributed by atoms with Crippen LogP contribution in [0.5, 0.6) is 5.75 Å². The first-order valence-electron chi connectivity index (χ1n) is 8.96. The van der Waals surface area contributed by atoms with E-state index < -0.39 is 21.9 Å². The van der Waals surface area contributed by atoms with Gasteiger partial charge in [0.05, 0.1) is 28.9 Å². The Hall–Kier alpha value is -3.92. The number of rotatable bonds is 7. The average molecular weight is 441 g/mol. The Bertz CT molecular complexity index is 1210. The molecule has 31 heavy (non-hydrogen) atoms. The zero-order valence-electron chi connectivity index (χ0n) is 16.6. The number of aromatic carboxylic acids is 1. The van der Waals surface area contributed by atoms with Crippen molar-refractivity contribution in [2.24, 2.45) is 0 Å². The van der Waals surface area contributed by atoms with Crippen molar-refractivity contribution < 1.29 is 27.9 Å². The molecule has 9 nitrogen and oxygen atoms in total. The largest absolute Gasteiger partial charge is 0.495 e. The summed E-state index contributed by atoms with van der Waals surface area (Å²) in [5, 5.41) is 11.6. The fourth-order valence-electron chi connectivity index (χ4n) is 2.74. The quantitative estimate of drug-likeness (QED) is 0.577. The summed E-state index contributed by atoms with van der Waals surface area (Å²) in [6.07, 6.45) is 1.47. The van der Waals surface area contributed by atoms with Gasteiger partial charge in [0.15, 0.2) is 0 Å². The van der Waals surface area contributed by atoms with Crippen LogP contribution >= 0.6 is 0 Å². The van der Waals surface area contributed by atoms with Crippen LogP contribution < -0.4 is 14.4 Å². The Morgan fingerprint density at radius 2 is 1.77 bits per heavy atom. The Kier molecular flexibility index (Phi) is 6.21. The lowest BCUT2D eigenvalue weighted by Crippen LogP contribution is -2.26. The van der Waals surface area contributed by atoms with E-state index in [1.165, 1.54) is 68.9 Å². The van der Waals surface area contributed by atoms with E-state index >= 15 is 0 Å². The molecule has 2 aromatic carbocycles. The van der Waals surface area contributed by atoms with Crippen molar-refractivity contribution in [3.8, 4) is 5.75 Å². The molecule has 0 saturated carbocycles. The number of aromatic nitrogens is 1. The van der Waals surface area contributed by atoms with Crippen LogP contribution in [0.1, 0.15) is 20.8 Å². The Morgan fingerprint density at radius 1 is 1.06 bits per heavy atom. The smallest absolute Gasteiger partial charge is 0.335 e. The number of carboxylic acids is 1. The molecule has 1 amide bonds. The van der Waals surface area contributed by atoms with Crippen LogP contribution in [0.3, 0.4) is 0 Å². The number of benzene rings is 2. The van der Waals surface area contributed by atoms with Gasteiger partial charge in [0.2, 0.25) is 0 Å². The highest BCUT2D eigenvalue weighted by atomic mass is 32.2. The molecule has 3 rings (SSSR count). The molecular formula is C21H19N3O6S. The van der Waals surface area contributed by atoms with Gasteiger partial charge < -0.3 is 15.2 Å². The number of carbonyl (C=O) groups excluding carboxylic acids is 1. The van der Waals surface area contributed by atoms with Gasteiger partial charge in [-0.3, -0.25) is 14.1 Å². The highest BCUT2D eigenvalue weighted by molar-refractivity contribution is 7.92. The summed E-state index contributed by atoms with van der Waals surface area (Å²) in [5.41, 5.74) is 0.640. The summed E-state index contributed by atoms with van der Waals surface area (Å²) >= 11 is 0. The maximum absolute atomic E-state index is 13.1. The number of amides is 1. The lowest BCUT2D eigenvalue weighted by molar-refractivity contribution is 0.0696. The zero-order chi connectivity index (χ0) is 22.6. The van der Waals surface area contributed by atoms with Crippen LogP contribution in [-0.4, -0.2) is 44.5 Å². The van der Waals surface area contributed by atoms with Crippen LogP contribution in [0.2, 0.25) is 0 Å². The number of hydrogen-bond acceptors (Lipinski definition) is 6. The van der Waals surface area contributed by atoms with Gasteiger partial charge in [-0.15, -0.1) is 0 Å². The number of methoxy groups -OCH3 is 1. The number of pyridine rings is 1. The summed E-state index contributed by atoms with van der Waals surface area (Å²) in [5.74, 6) is -1.36. The van der Waals surface area contributed by atoms with E-state index in [2.05, 4.69) is 10.3 Å². The van der Waals surface area contributed by atoms with E-state index in [0.29, 0.717) is 0 Å². The second kappa shape index (κ2) is 8.84. The molecule has 0 spiro atoms. The Balaban J connectivity index is 1.93. The summed E-state index contributed by atoms with van der Waals surface area (Å²) in [6, 6.07) is 14.4. The third-order valence-corrected chi connectivity index (χ3v) is 6.23. The van der Waals surface area contributed by atoms with Gasteiger partial charge in [0.25, 0.3) is 15.9 Å². The average Bonchev–Trinajstić information content (AvgIpc) is 2.79. The molecular weight excluding hydrogens is 422 g/mol. The van der Waals surface area contributed by atoms with Crippen molar-refractivity contribution in [2.45, 2.75) is 4.90 Å². The second-order valence-electron chi connectivity index (χ2n) is 6.36. The number of sulfonamides is 1. The monoisotopic (exact) mass is 441 g/mol. The molecule has 0 unspecified atom stereocenters. The van der Waals surface area contributed by atoms with Gasteiger partial charge in [0.1, 0.15) is 11.4 Å². The standard InChI is InChI=1S/C21H19N3O6S/c1-24(15-8-6-14(7-9-15)21(26)27)31(28,29)16-10-11-19(30-2)18(13-16)23-20(25)17-5-3-4-12-22-17/h3-13H,1-2H3,(H,23,25)(H,26,27). The predicted molar refractivity (Wildman–Crippen MR) is 114 cm³/mol. The van der Waals surface area contributed by atoms with Crippen LogP contribution in [0.25, 0.3) is 0 Å². The molecule has 0 bridgehead atoms. The molecule has 3 aromatic rings. The molecule has 0 aliphatic carbocycles. The van der Waals surface area contributed by atoms with Crippen LogP contribution in [0.4, 0.5) is 11.4 Å². The fourth-order valence-corrected chi connectivity index (χ4v) is 3.96. The topological polar surface area (TPSA) is 126 Å². The number of carbonyl (C=O) groups is 2. The van der Waals surface area contributed by atoms with Gasteiger partial charge in [0, 0.05) is 13.2 Å². The Labute approximate surface area is 179 Å². The lowest BCUT2D eigenvalue weighted by Gasteiger charge is -2.20. The maximum atomic E-state index is 13.1. The minimum absolute atomic E-state index is 0.0403. The van der Waals surface area contributed by atoms with Crippen molar-refractivity contribution >= 4 is 33.3 Å². The molecule has 1 heterocycles. The van der Waals surface area contributed by atoms with E-state index in [9.17, 15) is 18.0 Å². The van der Waals surface area contributed by atoms with Gasteiger partial charge >= 0.3 is 5.97 Å². The van der Waals surface area contributed by atoms with Gasteiger partial charge in [-0.05, 0) is 54.6 Å². The van der Waals surface area contributed by atoms with Gasteiger partial charge in [-0.25, -0.2) is 13.2 Å². The van der Waals surface area contributed by atoms with E-state index in [4.69, 9.17) is 9.84 Å². The van der Waals surface area contributed by atoms with E-state index in [-0.39, 0.29) is 33.3 Å². The third-order valence-electron chi connectivity index (χ3n) is 4.45. The summed E-state index contributed by atoms with van der Waals surface area (Å²) < 4.78 is 32.5. The Morgan fingerprint density at radius 3 is 2.35 bits per heavy atom. The van der Waals surface area contributed by atoms with Crippen molar-refractivity contribution in [2.75, 3.05) is 23.8 Å². The first-order valence-corrected chi connectivity index (χ1v) is 10.4. The highest BCUT2D eigenvalue weighted by Crippen LogP contribution is 2.30. The van der Waals surface area contributed by atoms with Gasteiger partial charge in [-0.2, -0.15) is 0 Å². The first-order chi connectivity index (χ1) is 14.7. The number of ether oxygens (including phenoxy) is 1. The highest BCUT2D eigenvalue weighted by Gasteiger charge is 2.23. The van der Waals surface area contributed by atoms with Crippen molar-refractivity contribution in [3.63, 3.8) is 0 Å². The van der Waals surface area contributed by atoms with Crippen molar-refractivity contribution in [1.29, 1.82) is 0 Å². The molecule has 2 N–H and O–H groups in total. The molecule has 0 aliphatic rings. The zero-order valence-corrected chi connectivity index (χ0v) is 17.5. The fraction of sp³-hybridized carbons (Fsp3) is 0.0952. The summed E-state index contributed by atoms with van der Waals surface area (Å²) in [7, 11) is -1.26. The summed E-state index contributed by atoms with van der Waals surface area (Å²) in [6.45, 7) is 0. The number of carboxylic acid groups (broad SMARTS) is 1. The SMILES string of the molecule is COc1ccc(S(=O)(=O)N(C)c2ccc(C(=O)O)cc2)cc1NC(=O)c1ccccn1. The molecule has 0 fully saturated rings. The molecule has 10 heteroatoms. The third kappa shape index (κ3) is 4.64. The normalized spacial score (nSPS) is 10.9. The minimum Gasteiger partial charge on any atom is -0.495 e. The van der Waals surface area contributed by atoms with E-state index in [1.807, 2.05) is 0 Å². The van der Waals surface area contributed by atoms with Crippen molar-refractivity contribution in [3.05, 3.63) is 78.1 Å². The van der Waals surface area contributed by atoms with E-state index in [0.717, 1.165) is 4.31 Å². The minimum atomic E-state index is -4.01. The number of nitrogens with zero attached hydrogens (tertiary/aromatic N) is 2. The molecule has 0 atom stereocenters. The maximum Gasteiger partial charge on any atom is 0.335 e. The first kappa shape index (κ1) is 21.8. The number of anilines is 2. The second-order valence-corrected chi connectivity index (χ2v) is 8.33. The molecule has 0 saturated heterocycles.